The Labute approximate surface area is 99.0 Å². The van der Waals surface area contributed by atoms with Crippen LogP contribution in [0, 0.1) is 0 Å². The normalized spacial score (nSPS) is 13.8. The van der Waals surface area contributed by atoms with Gasteiger partial charge in [0.1, 0.15) is 11.4 Å². The lowest BCUT2D eigenvalue weighted by molar-refractivity contribution is -0.139. The van der Waals surface area contributed by atoms with E-state index in [0.29, 0.717) is 12.3 Å². The molecule has 1 aromatic rings. The van der Waals surface area contributed by atoms with Crippen LogP contribution in [0.1, 0.15) is 19.6 Å². The Kier molecular flexibility index (Phi) is 4.28. The lowest BCUT2D eigenvalue weighted by atomic mass is 10.0. The van der Waals surface area contributed by atoms with Crippen molar-refractivity contribution >= 4 is 11.8 Å². The smallest absolute Gasteiger partial charge is 0.309 e. The summed E-state index contributed by atoms with van der Waals surface area (Å²) in [5.74, 6) is -1.17. The number of rotatable bonds is 4. The van der Waals surface area contributed by atoms with Crippen molar-refractivity contribution in [1.82, 2.24) is 10.6 Å². The summed E-state index contributed by atoms with van der Waals surface area (Å²) < 4.78 is 5.04. The first-order valence-corrected chi connectivity index (χ1v) is 5.29. The van der Waals surface area contributed by atoms with E-state index in [1.807, 2.05) is 0 Å². The second-order valence-corrected chi connectivity index (χ2v) is 3.79. The Morgan fingerprint density at radius 2 is 2.06 bits per heavy atom. The van der Waals surface area contributed by atoms with Gasteiger partial charge in [-0.25, -0.2) is 0 Å². The fraction of sp³-hybridized carbons (Fsp3) is 0.455. The Bertz CT molecular complexity index is 384. The molecule has 1 heterocycles. The first-order valence-electron chi connectivity index (χ1n) is 5.29. The summed E-state index contributed by atoms with van der Waals surface area (Å²) in [6.45, 7) is 3.48. The minimum absolute atomic E-state index is 0.101. The molecule has 0 fully saturated rings. The molecular weight excluding hydrogens is 224 g/mol. The van der Waals surface area contributed by atoms with Crippen LogP contribution in [0.25, 0.3) is 0 Å². The lowest BCUT2D eigenvalue weighted by Crippen LogP contribution is -2.45. The summed E-state index contributed by atoms with van der Waals surface area (Å²) in [6.07, 6.45) is 1.43. The van der Waals surface area contributed by atoms with Gasteiger partial charge in [-0.05, 0) is 26.0 Å². The highest BCUT2D eigenvalue weighted by Crippen LogP contribution is 2.19. The third-order valence-corrected chi connectivity index (χ3v) is 2.19. The lowest BCUT2D eigenvalue weighted by Gasteiger charge is -2.20. The quantitative estimate of drug-likeness (QED) is 0.632. The molecule has 0 saturated heterocycles. The van der Waals surface area contributed by atoms with E-state index in [4.69, 9.17) is 4.42 Å². The minimum Gasteiger partial charge on any atom is -0.466 e. The predicted octanol–water partition coefficient (Wildman–Crippen LogP) is -0.261. The molecule has 1 unspecified atom stereocenters. The Morgan fingerprint density at radius 1 is 1.41 bits per heavy atom. The van der Waals surface area contributed by atoms with Crippen LogP contribution in [-0.2, 0) is 15.2 Å². The summed E-state index contributed by atoms with van der Waals surface area (Å²) in [5, 5.41) is 14.7. The number of carbonyl (C=O) groups is 2. The van der Waals surface area contributed by atoms with Crippen molar-refractivity contribution in [1.29, 1.82) is 0 Å². The van der Waals surface area contributed by atoms with E-state index in [0.717, 1.165) is 0 Å². The second kappa shape index (κ2) is 5.49. The SMILES string of the molecule is CCNC(=O)C(=O)NCC(C)(O)c1ccco1. The van der Waals surface area contributed by atoms with Gasteiger partial charge in [-0.15, -0.1) is 0 Å². The summed E-state index contributed by atoms with van der Waals surface area (Å²) in [7, 11) is 0. The monoisotopic (exact) mass is 240 g/mol. The molecule has 0 saturated carbocycles. The van der Waals surface area contributed by atoms with Crippen molar-refractivity contribution in [2.45, 2.75) is 19.4 Å². The molecule has 2 amide bonds. The fourth-order valence-corrected chi connectivity index (χ4v) is 1.25. The molecule has 1 atom stereocenters. The molecular formula is C11H16N2O4. The number of aliphatic hydroxyl groups is 1. The number of hydrogen-bond donors (Lipinski definition) is 3. The molecule has 0 radical (unpaired) electrons. The van der Waals surface area contributed by atoms with Crippen LogP contribution in [0.4, 0.5) is 0 Å². The van der Waals surface area contributed by atoms with Crippen molar-refractivity contribution in [3.63, 3.8) is 0 Å². The van der Waals surface area contributed by atoms with Crippen molar-refractivity contribution in [2.24, 2.45) is 0 Å². The van der Waals surface area contributed by atoms with Gasteiger partial charge in [-0.3, -0.25) is 9.59 Å². The molecule has 6 nitrogen and oxygen atoms in total. The number of furan rings is 1. The Hall–Kier alpha value is -1.82. The molecule has 94 valence electrons. The standard InChI is InChI=1S/C11H16N2O4/c1-3-12-9(14)10(15)13-7-11(2,16)8-5-4-6-17-8/h4-6,16H,3,7H2,1-2H3,(H,12,14)(H,13,15). The number of hydrogen-bond acceptors (Lipinski definition) is 4. The molecule has 0 bridgehead atoms. The van der Waals surface area contributed by atoms with E-state index in [1.165, 1.54) is 13.2 Å². The maximum atomic E-state index is 11.3. The largest absolute Gasteiger partial charge is 0.466 e. The molecule has 0 aliphatic carbocycles. The van der Waals surface area contributed by atoms with E-state index in [2.05, 4.69) is 10.6 Å². The summed E-state index contributed by atoms with van der Waals surface area (Å²) in [5.41, 5.74) is -1.34. The van der Waals surface area contributed by atoms with Gasteiger partial charge in [-0.1, -0.05) is 0 Å². The van der Waals surface area contributed by atoms with Gasteiger partial charge < -0.3 is 20.2 Å². The molecule has 17 heavy (non-hydrogen) atoms. The van der Waals surface area contributed by atoms with E-state index in [-0.39, 0.29) is 6.54 Å². The molecule has 0 aliphatic heterocycles. The summed E-state index contributed by atoms with van der Waals surface area (Å²) in [6, 6.07) is 3.23. The maximum Gasteiger partial charge on any atom is 0.309 e. The van der Waals surface area contributed by atoms with Crippen LogP contribution in [-0.4, -0.2) is 30.0 Å². The number of likely N-dealkylation sites (N-methyl/N-ethyl adjacent to an activating group) is 1. The molecule has 0 aromatic carbocycles. The van der Waals surface area contributed by atoms with Crippen molar-refractivity contribution in [3.05, 3.63) is 24.2 Å². The van der Waals surface area contributed by atoms with Crippen LogP contribution in [0.15, 0.2) is 22.8 Å². The Morgan fingerprint density at radius 3 is 2.59 bits per heavy atom. The molecule has 3 N–H and O–H groups in total. The van der Waals surface area contributed by atoms with Gasteiger partial charge in [0.2, 0.25) is 0 Å². The van der Waals surface area contributed by atoms with E-state index < -0.39 is 17.4 Å². The zero-order valence-corrected chi connectivity index (χ0v) is 9.82. The zero-order valence-electron chi connectivity index (χ0n) is 9.82. The number of carbonyl (C=O) groups excluding carboxylic acids is 2. The average Bonchev–Trinajstić information content (AvgIpc) is 2.80. The van der Waals surface area contributed by atoms with E-state index in [1.54, 1.807) is 19.1 Å². The minimum atomic E-state index is -1.34. The van der Waals surface area contributed by atoms with Gasteiger partial charge in [0.05, 0.1) is 12.8 Å². The second-order valence-electron chi connectivity index (χ2n) is 3.79. The van der Waals surface area contributed by atoms with E-state index in [9.17, 15) is 14.7 Å². The highest BCUT2D eigenvalue weighted by Gasteiger charge is 2.27. The van der Waals surface area contributed by atoms with Crippen LogP contribution >= 0.6 is 0 Å². The van der Waals surface area contributed by atoms with Crippen LogP contribution in [0.3, 0.4) is 0 Å². The average molecular weight is 240 g/mol. The van der Waals surface area contributed by atoms with Gasteiger partial charge in [-0.2, -0.15) is 0 Å². The first-order chi connectivity index (χ1) is 7.97. The van der Waals surface area contributed by atoms with Gasteiger partial charge in [0.25, 0.3) is 0 Å². The highest BCUT2D eigenvalue weighted by molar-refractivity contribution is 6.35. The molecule has 1 rings (SSSR count). The molecule has 0 spiro atoms. The number of nitrogens with one attached hydrogen (secondary N) is 2. The highest BCUT2D eigenvalue weighted by atomic mass is 16.4. The van der Waals surface area contributed by atoms with Crippen molar-refractivity contribution in [2.75, 3.05) is 13.1 Å². The zero-order chi connectivity index (χ0) is 12.9. The van der Waals surface area contributed by atoms with Gasteiger partial charge >= 0.3 is 11.8 Å². The summed E-state index contributed by atoms with van der Waals surface area (Å²) in [4.78, 5) is 22.4. The Balaban J connectivity index is 2.50. The van der Waals surface area contributed by atoms with Crippen molar-refractivity contribution in [3.8, 4) is 0 Å². The van der Waals surface area contributed by atoms with Gasteiger partial charge in [0, 0.05) is 6.54 Å². The van der Waals surface area contributed by atoms with E-state index >= 15 is 0 Å². The fourth-order valence-electron chi connectivity index (χ4n) is 1.25. The topological polar surface area (TPSA) is 91.6 Å². The third kappa shape index (κ3) is 3.60. The molecule has 6 heteroatoms. The van der Waals surface area contributed by atoms with Gasteiger partial charge in [0.15, 0.2) is 0 Å². The van der Waals surface area contributed by atoms with Crippen LogP contribution < -0.4 is 10.6 Å². The number of amides is 2. The summed E-state index contributed by atoms with van der Waals surface area (Å²) >= 11 is 0. The van der Waals surface area contributed by atoms with Crippen LogP contribution in [0.5, 0.6) is 0 Å². The first kappa shape index (κ1) is 13.2. The maximum absolute atomic E-state index is 11.3. The molecule has 1 aromatic heterocycles. The molecule has 0 aliphatic rings. The van der Waals surface area contributed by atoms with Crippen LogP contribution in [0.2, 0.25) is 0 Å². The van der Waals surface area contributed by atoms with Crippen molar-refractivity contribution < 1.29 is 19.1 Å². The third-order valence-electron chi connectivity index (χ3n) is 2.19. The predicted molar refractivity (Wildman–Crippen MR) is 60.0 cm³/mol.